The zero-order valence-electron chi connectivity index (χ0n) is 11.9. The lowest BCUT2D eigenvalue weighted by molar-refractivity contribution is 0.183. The third kappa shape index (κ3) is 4.05. The molecule has 0 spiro atoms. The molecule has 1 aliphatic rings. The Balaban J connectivity index is 1.69. The lowest BCUT2D eigenvalue weighted by Gasteiger charge is -2.26. The fourth-order valence-corrected chi connectivity index (χ4v) is 2.27. The molecule has 1 aliphatic heterocycles. The van der Waals surface area contributed by atoms with Crippen LogP contribution in [-0.4, -0.2) is 44.3 Å². The maximum absolute atomic E-state index is 11.9. The van der Waals surface area contributed by atoms with E-state index in [-0.39, 0.29) is 6.03 Å². The molecule has 0 aliphatic carbocycles. The van der Waals surface area contributed by atoms with E-state index in [4.69, 9.17) is 9.47 Å². The van der Waals surface area contributed by atoms with Gasteiger partial charge in [0.05, 0.1) is 13.7 Å². The smallest absolute Gasteiger partial charge is 0.317 e. The molecule has 110 valence electrons. The zero-order chi connectivity index (χ0) is 14.2. The van der Waals surface area contributed by atoms with Gasteiger partial charge in [0.1, 0.15) is 6.61 Å². The number of hydrogen-bond acceptors (Lipinski definition) is 3. The first-order chi connectivity index (χ1) is 9.81. The van der Waals surface area contributed by atoms with Crippen molar-refractivity contribution in [2.45, 2.75) is 19.3 Å². The summed E-state index contributed by atoms with van der Waals surface area (Å²) in [7, 11) is 1.61. The van der Waals surface area contributed by atoms with E-state index < -0.39 is 0 Å². The number of piperidine rings is 1. The summed E-state index contributed by atoms with van der Waals surface area (Å²) >= 11 is 0. The monoisotopic (exact) mass is 278 g/mol. The van der Waals surface area contributed by atoms with E-state index in [2.05, 4.69) is 5.32 Å². The van der Waals surface area contributed by atoms with Crippen LogP contribution >= 0.6 is 0 Å². The van der Waals surface area contributed by atoms with Crippen molar-refractivity contribution in [1.29, 1.82) is 0 Å². The number of nitrogens with zero attached hydrogens (tertiary/aromatic N) is 1. The minimum Gasteiger partial charge on any atom is -0.493 e. The maximum atomic E-state index is 11.9. The number of methoxy groups -OCH3 is 1. The van der Waals surface area contributed by atoms with Gasteiger partial charge in [-0.15, -0.1) is 0 Å². The van der Waals surface area contributed by atoms with Crippen LogP contribution in [0.4, 0.5) is 4.79 Å². The van der Waals surface area contributed by atoms with Crippen molar-refractivity contribution >= 4 is 6.03 Å². The van der Waals surface area contributed by atoms with E-state index in [0.717, 1.165) is 25.9 Å². The first-order valence-corrected chi connectivity index (χ1v) is 7.10. The second kappa shape index (κ2) is 7.62. The first-order valence-electron chi connectivity index (χ1n) is 7.10. The average molecular weight is 278 g/mol. The SMILES string of the molecule is COc1ccccc1OCCNC(=O)N1CCCCC1. The van der Waals surface area contributed by atoms with Crippen molar-refractivity contribution in [2.24, 2.45) is 0 Å². The van der Waals surface area contributed by atoms with E-state index in [0.29, 0.717) is 24.7 Å². The molecule has 0 saturated carbocycles. The van der Waals surface area contributed by atoms with Crippen LogP contribution in [0.2, 0.25) is 0 Å². The topological polar surface area (TPSA) is 50.8 Å². The van der Waals surface area contributed by atoms with Gasteiger partial charge in [0.2, 0.25) is 0 Å². The summed E-state index contributed by atoms with van der Waals surface area (Å²) in [6.45, 7) is 2.64. The molecule has 0 radical (unpaired) electrons. The van der Waals surface area contributed by atoms with Crippen molar-refractivity contribution in [1.82, 2.24) is 10.2 Å². The van der Waals surface area contributed by atoms with Gasteiger partial charge in [-0.2, -0.15) is 0 Å². The minimum absolute atomic E-state index is 0.00771. The number of nitrogens with one attached hydrogen (secondary N) is 1. The van der Waals surface area contributed by atoms with Crippen LogP contribution in [0, 0.1) is 0 Å². The molecule has 0 bridgehead atoms. The molecule has 1 N–H and O–H groups in total. The highest BCUT2D eigenvalue weighted by atomic mass is 16.5. The molecular weight excluding hydrogens is 256 g/mol. The Morgan fingerprint density at radius 1 is 1.20 bits per heavy atom. The predicted molar refractivity (Wildman–Crippen MR) is 77.3 cm³/mol. The van der Waals surface area contributed by atoms with Gasteiger partial charge in [-0.3, -0.25) is 0 Å². The summed E-state index contributed by atoms with van der Waals surface area (Å²) < 4.78 is 10.8. The number of carbonyl (C=O) groups is 1. The second-order valence-electron chi connectivity index (χ2n) is 4.78. The number of carbonyl (C=O) groups excluding carboxylic acids is 1. The van der Waals surface area contributed by atoms with E-state index in [9.17, 15) is 4.79 Å². The Bertz CT molecular complexity index is 431. The van der Waals surface area contributed by atoms with Crippen LogP contribution in [0.15, 0.2) is 24.3 Å². The van der Waals surface area contributed by atoms with Gasteiger partial charge < -0.3 is 19.7 Å². The van der Waals surface area contributed by atoms with Crippen LogP contribution in [0.25, 0.3) is 0 Å². The summed E-state index contributed by atoms with van der Waals surface area (Å²) in [5.74, 6) is 1.40. The number of benzene rings is 1. The fraction of sp³-hybridized carbons (Fsp3) is 0.533. The van der Waals surface area contributed by atoms with Crippen LogP contribution < -0.4 is 14.8 Å². The van der Waals surface area contributed by atoms with Crippen molar-refractivity contribution in [2.75, 3.05) is 33.4 Å². The molecule has 1 aromatic rings. The van der Waals surface area contributed by atoms with Crippen LogP contribution in [0.5, 0.6) is 11.5 Å². The summed E-state index contributed by atoms with van der Waals surface area (Å²) in [5, 5.41) is 2.88. The first kappa shape index (κ1) is 14.5. The molecule has 1 saturated heterocycles. The maximum Gasteiger partial charge on any atom is 0.317 e. The van der Waals surface area contributed by atoms with Crippen molar-refractivity contribution in [3.8, 4) is 11.5 Å². The summed E-state index contributed by atoms with van der Waals surface area (Å²) in [6.07, 6.45) is 3.43. The summed E-state index contributed by atoms with van der Waals surface area (Å²) in [4.78, 5) is 13.7. The van der Waals surface area contributed by atoms with Crippen molar-refractivity contribution in [3.63, 3.8) is 0 Å². The normalized spacial score (nSPS) is 14.8. The van der Waals surface area contributed by atoms with Crippen LogP contribution in [-0.2, 0) is 0 Å². The lowest BCUT2D eigenvalue weighted by atomic mass is 10.1. The number of likely N-dealkylation sites (tertiary alicyclic amines) is 1. The highest BCUT2D eigenvalue weighted by Crippen LogP contribution is 2.25. The third-order valence-corrected chi connectivity index (χ3v) is 3.35. The van der Waals surface area contributed by atoms with Gasteiger partial charge in [0, 0.05) is 13.1 Å². The summed E-state index contributed by atoms with van der Waals surface area (Å²) in [5.41, 5.74) is 0. The Morgan fingerprint density at radius 3 is 2.60 bits per heavy atom. The van der Waals surface area contributed by atoms with Gasteiger partial charge in [-0.25, -0.2) is 4.79 Å². The Morgan fingerprint density at radius 2 is 1.90 bits per heavy atom. The summed E-state index contributed by atoms with van der Waals surface area (Å²) in [6, 6.07) is 7.49. The Kier molecular flexibility index (Phi) is 5.53. The van der Waals surface area contributed by atoms with Crippen molar-refractivity contribution in [3.05, 3.63) is 24.3 Å². The van der Waals surface area contributed by atoms with Gasteiger partial charge >= 0.3 is 6.03 Å². The zero-order valence-corrected chi connectivity index (χ0v) is 11.9. The average Bonchev–Trinajstić information content (AvgIpc) is 2.52. The molecular formula is C15H22N2O3. The number of ether oxygens (including phenoxy) is 2. The van der Waals surface area contributed by atoms with Gasteiger partial charge in [0.15, 0.2) is 11.5 Å². The van der Waals surface area contributed by atoms with Crippen LogP contribution in [0.1, 0.15) is 19.3 Å². The fourth-order valence-electron chi connectivity index (χ4n) is 2.27. The highest BCUT2D eigenvalue weighted by Gasteiger charge is 2.15. The highest BCUT2D eigenvalue weighted by molar-refractivity contribution is 5.74. The largest absolute Gasteiger partial charge is 0.493 e. The number of urea groups is 1. The molecule has 0 atom stereocenters. The molecule has 1 aromatic carbocycles. The molecule has 2 amide bonds. The molecule has 20 heavy (non-hydrogen) atoms. The molecule has 5 nitrogen and oxygen atoms in total. The number of amides is 2. The quantitative estimate of drug-likeness (QED) is 0.841. The number of hydrogen-bond donors (Lipinski definition) is 1. The van der Waals surface area contributed by atoms with Crippen molar-refractivity contribution < 1.29 is 14.3 Å². The van der Waals surface area contributed by atoms with Gasteiger partial charge in [-0.05, 0) is 31.4 Å². The van der Waals surface area contributed by atoms with E-state index in [1.165, 1.54) is 6.42 Å². The molecule has 2 rings (SSSR count). The molecule has 0 aromatic heterocycles. The van der Waals surface area contributed by atoms with Crippen LogP contribution in [0.3, 0.4) is 0 Å². The molecule has 5 heteroatoms. The van der Waals surface area contributed by atoms with E-state index in [1.54, 1.807) is 7.11 Å². The predicted octanol–water partition coefficient (Wildman–Crippen LogP) is 2.27. The Labute approximate surface area is 119 Å². The molecule has 1 heterocycles. The second-order valence-corrected chi connectivity index (χ2v) is 4.78. The number of para-hydroxylation sites is 2. The lowest BCUT2D eigenvalue weighted by Crippen LogP contribution is -2.43. The minimum atomic E-state index is 0.00771. The Hall–Kier alpha value is -1.91. The van der Waals surface area contributed by atoms with Gasteiger partial charge in [0.25, 0.3) is 0 Å². The van der Waals surface area contributed by atoms with E-state index >= 15 is 0 Å². The molecule has 0 unspecified atom stereocenters. The number of rotatable bonds is 5. The molecule has 1 fully saturated rings. The standard InChI is InChI=1S/C15H22N2O3/c1-19-13-7-3-4-8-14(13)20-12-9-16-15(18)17-10-5-2-6-11-17/h3-4,7-8H,2,5-6,9-12H2,1H3,(H,16,18). The van der Waals surface area contributed by atoms with Gasteiger partial charge in [-0.1, -0.05) is 12.1 Å². The van der Waals surface area contributed by atoms with E-state index in [1.807, 2.05) is 29.2 Å². The third-order valence-electron chi connectivity index (χ3n) is 3.35.